The maximum atomic E-state index is 12.7. The fourth-order valence-electron chi connectivity index (χ4n) is 3.24. The van der Waals surface area contributed by atoms with E-state index < -0.39 is 0 Å². The van der Waals surface area contributed by atoms with Gasteiger partial charge in [-0.2, -0.15) is 0 Å². The summed E-state index contributed by atoms with van der Waals surface area (Å²) < 4.78 is 1.09. The molecule has 1 fully saturated rings. The number of carbonyl (C=O) groups is 1. The smallest absolute Gasteiger partial charge is 0.229 e. The number of aryl methyl sites for hydroxylation is 1. The normalized spacial score (nSPS) is 17.5. The molecule has 1 saturated heterocycles. The average Bonchev–Trinajstić information content (AvgIpc) is 3.02. The van der Waals surface area contributed by atoms with Gasteiger partial charge in [0.2, 0.25) is 5.91 Å². The van der Waals surface area contributed by atoms with E-state index in [9.17, 15) is 4.79 Å². The number of aromatic nitrogens is 3. The van der Waals surface area contributed by atoms with Crippen molar-refractivity contribution in [2.45, 2.75) is 19.8 Å². The van der Waals surface area contributed by atoms with E-state index in [1.165, 1.54) is 0 Å². The second-order valence-corrected chi connectivity index (χ2v) is 8.03. The molecule has 6 nitrogen and oxygen atoms in total. The Balaban J connectivity index is 1.45. The molecule has 4 rings (SSSR count). The molecule has 1 amide bonds. The minimum absolute atomic E-state index is 0.0391. The SMILES string of the molecule is Cc1nc2ccc(NC(=O)C3CCCN(c4ccc(Cl)nn4)C3)cc2s1. The quantitative estimate of drug-likeness (QED) is 0.737. The minimum atomic E-state index is -0.0832. The summed E-state index contributed by atoms with van der Waals surface area (Å²) in [6.45, 7) is 3.48. The molecule has 1 unspecified atom stereocenters. The van der Waals surface area contributed by atoms with Crippen molar-refractivity contribution < 1.29 is 4.79 Å². The Morgan fingerprint density at radius 1 is 1.31 bits per heavy atom. The first-order valence-corrected chi connectivity index (χ1v) is 9.70. The molecule has 0 saturated carbocycles. The third-order valence-corrected chi connectivity index (χ3v) is 5.63. The van der Waals surface area contributed by atoms with Crippen LogP contribution in [0.5, 0.6) is 0 Å². The highest BCUT2D eigenvalue weighted by atomic mass is 35.5. The lowest BCUT2D eigenvalue weighted by molar-refractivity contribution is -0.120. The van der Waals surface area contributed by atoms with Crippen LogP contribution in [0.25, 0.3) is 10.2 Å². The van der Waals surface area contributed by atoms with Crippen LogP contribution in [0.3, 0.4) is 0 Å². The molecule has 3 heterocycles. The third kappa shape index (κ3) is 3.64. The Hall–Kier alpha value is -2.25. The zero-order valence-corrected chi connectivity index (χ0v) is 15.8. The van der Waals surface area contributed by atoms with Crippen LogP contribution in [0.2, 0.25) is 5.15 Å². The highest BCUT2D eigenvalue weighted by molar-refractivity contribution is 7.18. The molecule has 1 aliphatic heterocycles. The van der Waals surface area contributed by atoms with Crippen LogP contribution in [-0.2, 0) is 4.79 Å². The highest BCUT2D eigenvalue weighted by Gasteiger charge is 2.27. The van der Waals surface area contributed by atoms with Gasteiger partial charge in [-0.05, 0) is 50.1 Å². The monoisotopic (exact) mass is 387 g/mol. The van der Waals surface area contributed by atoms with E-state index >= 15 is 0 Å². The second kappa shape index (κ2) is 7.17. The number of rotatable bonds is 3. The first-order chi connectivity index (χ1) is 12.6. The standard InChI is InChI=1S/C18H18ClN5OS/c1-11-20-14-5-4-13(9-15(14)26-11)21-18(25)12-3-2-8-24(10-12)17-7-6-16(19)22-23-17/h4-7,9,12H,2-3,8,10H2,1H3,(H,21,25). The summed E-state index contributed by atoms with van der Waals surface area (Å²) >= 11 is 7.43. The van der Waals surface area contributed by atoms with Gasteiger partial charge in [0, 0.05) is 18.8 Å². The number of hydrogen-bond donors (Lipinski definition) is 1. The molecule has 1 N–H and O–H groups in total. The Morgan fingerprint density at radius 2 is 2.19 bits per heavy atom. The molecule has 2 aromatic heterocycles. The molecule has 8 heteroatoms. The van der Waals surface area contributed by atoms with E-state index in [0.717, 1.165) is 46.1 Å². The van der Waals surface area contributed by atoms with Crippen LogP contribution in [0, 0.1) is 12.8 Å². The number of piperidine rings is 1. The van der Waals surface area contributed by atoms with Gasteiger partial charge in [-0.25, -0.2) is 4.98 Å². The van der Waals surface area contributed by atoms with Crippen molar-refractivity contribution in [2.75, 3.05) is 23.3 Å². The Bertz CT molecular complexity index is 942. The maximum absolute atomic E-state index is 12.7. The molecule has 0 bridgehead atoms. The zero-order valence-electron chi connectivity index (χ0n) is 14.3. The van der Waals surface area contributed by atoms with Gasteiger partial charge in [0.05, 0.1) is 21.1 Å². The van der Waals surface area contributed by atoms with Crippen molar-refractivity contribution in [2.24, 2.45) is 5.92 Å². The molecular weight excluding hydrogens is 370 g/mol. The maximum Gasteiger partial charge on any atom is 0.229 e. The number of fused-ring (bicyclic) bond motifs is 1. The number of benzene rings is 1. The third-order valence-electron chi connectivity index (χ3n) is 4.50. The van der Waals surface area contributed by atoms with E-state index in [0.29, 0.717) is 11.7 Å². The number of anilines is 2. The van der Waals surface area contributed by atoms with Crippen LogP contribution in [0.4, 0.5) is 11.5 Å². The molecule has 3 aromatic rings. The van der Waals surface area contributed by atoms with Crippen LogP contribution in [0.15, 0.2) is 30.3 Å². The molecule has 26 heavy (non-hydrogen) atoms. The van der Waals surface area contributed by atoms with E-state index in [1.807, 2.05) is 31.2 Å². The van der Waals surface area contributed by atoms with Crippen LogP contribution in [-0.4, -0.2) is 34.2 Å². The number of carbonyl (C=O) groups excluding carboxylic acids is 1. The van der Waals surface area contributed by atoms with E-state index in [1.54, 1.807) is 17.4 Å². The van der Waals surface area contributed by atoms with Gasteiger partial charge >= 0.3 is 0 Å². The summed E-state index contributed by atoms with van der Waals surface area (Å²) in [7, 11) is 0. The van der Waals surface area contributed by atoms with Crippen molar-refractivity contribution in [3.05, 3.63) is 40.5 Å². The Kier molecular flexibility index (Phi) is 4.74. The summed E-state index contributed by atoms with van der Waals surface area (Å²) in [5.41, 5.74) is 1.78. The first-order valence-electron chi connectivity index (χ1n) is 8.51. The van der Waals surface area contributed by atoms with E-state index in [-0.39, 0.29) is 11.8 Å². The second-order valence-electron chi connectivity index (χ2n) is 6.40. The van der Waals surface area contributed by atoms with Gasteiger partial charge in [-0.3, -0.25) is 4.79 Å². The lowest BCUT2D eigenvalue weighted by atomic mass is 9.97. The molecule has 0 radical (unpaired) electrons. The number of amides is 1. The van der Waals surface area contributed by atoms with Crippen molar-refractivity contribution in [3.8, 4) is 0 Å². The number of nitrogens with zero attached hydrogens (tertiary/aromatic N) is 4. The molecule has 0 spiro atoms. The topological polar surface area (TPSA) is 71.0 Å². The molecule has 1 aromatic carbocycles. The molecule has 1 atom stereocenters. The number of thiazole rings is 1. The lowest BCUT2D eigenvalue weighted by Crippen LogP contribution is -2.41. The Morgan fingerprint density at radius 3 is 3.00 bits per heavy atom. The number of hydrogen-bond acceptors (Lipinski definition) is 6. The summed E-state index contributed by atoms with van der Waals surface area (Å²) in [5, 5.41) is 12.5. The fourth-order valence-corrected chi connectivity index (χ4v) is 4.21. The summed E-state index contributed by atoms with van der Waals surface area (Å²) in [6.07, 6.45) is 1.81. The van der Waals surface area contributed by atoms with Crippen molar-refractivity contribution >= 4 is 50.6 Å². The summed E-state index contributed by atoms with van der Waals surface area (Å²) in [4.78, 5) is 19.3. The van der Waals surface area contributed by atoms with Crippen LogP contribution in [0.1, 0.15) is 17.8 Å². The van der Waals surface area contributed by atoms with Crippen LogP contribution >= 0.6 is 22.9 Å². The van der Waals surface area contributed by atoms with Crippen molar-refractivity contribution in [3.63, 3.8) is 0 Å². The summed E-state index contributed by atoms with van der Waals surface area (Å²) in [6, 6.07) is 9.41. The molecule has 0 aliphatic carbocycles. The molecular formula is C18H18ClN5OS. The lowest BCUT2D eigenvalue weighted by Gasteiger charge is -2.32. The minimum Gasteiger partial charge on any atom is -0.354 e. The van der Waals surface area contributed by atoms with Gasteiger partial charge in [0.15, 0.2) is 11.0 Å². The molecule has 134 valence electrons. The van der Waals surface area contributed by atoms with Crippen LogP contribution < -0.4 is 10.2 Å². The van der Waals surface area contributed by atoms with Crippen molar-refractivity contribution in [1.29, 1.82) is 0 Å². The van der Waals surface area contributed by atoms with Gasteiger partial charge < -0.3 is 10.2 Å². The zero-order chi connectivity index (χ0) is 18.1. The average molecular weight is 388 g/mol. The van der Waals surface area contributed by atoms with Crippen molar-refractivity contribution in [1.82, 2.24) is 15.2 Å². The van der Waals surface area contributed by atoms with Gasteiger partial charge in [0.25, 0.3) is 0 Å². The van der Waals surface area contributed by atoms with E-state index in [4.69, 9.17) is 11.6 Å². The largest absolute Gasteiger partial charge is 0.354 e. The van der Waals surface area contributed by atoms with Gasteiger partial charge in [0.1, 0.15) is 0 Å². The predicted molar refractivity (Wildman–Crippen MR) is 105 cm³/mol. The van der Waals surface area contributed by atoms with E-state index in [2.05, 4.69) is 25.4 Å². The predicted octanol–water partition coefficient (Wildman–Crippen LogP) is 3.90. The number of halogens is 1. The molecule has 1 aliphatic rings. The van der Waals surface area contributed by atoms with Gasteiger partial charge in [-0.1, -0.05) is 11.6 Å². The first kappa shape index (κ1) is 17.2. The fraction of sp³-hybridized carbons (Fsp3) is 0.333. The highest BCUT2D eigenvalue weighted by Crippen LogP contribution is 2.26. The Labute approximate surface area is 160 Å². The van der Waals surface area contributed by atoms with Gasteiger partial charge in [-0.15, -0.1) is 21.5 Å². The number of nitrogens with one attached hydrogen (secondary N) is 1. The summed E-state index contributed by atoms with van der Waals surface area (Å²) in [5.74, 6) is 0.714.